The van der Waals surface area contributed by atoms with Gasteiger partial charge >= 0.3 is 0 Å². The Labute approximate surface area is 142 Å². The van der Waals surface area contributed by atoms with Crippen molar-refractivity contribution in [1.29, 1.82) is 0 Å². The third-order valence-corrected chi connectivity index (χ3v) is 6.09. The predicted molar refractivity (Wildman–Crippen MR) is 91.1 cm³/mol. The minimum Gasteiger partial charge on any atom is -0.347 e. The smallest absolute Gasteiger partial charge is 0.243 e. The van der Waals surface area contributed by atoms with Crippen molar-refractivity contribution in [2.24, 2.45) is 23.2 Å². The van der Waals surface area contributed by atoms with Crippen molar-refractivity contribution in [3.8, 4) is 0 Å². The number of rotatable bonds is 5. The van der Waals surface area contributed by atoms with Crippen LogP contribution in [0.1, 0.15) is 44.9 Å². The third kappa shape index (κ3) is 3.30. The minimum absolute atomic E-state index is 0.0262. The minimum atomic E-state index is -0.207. The topological polar surface area (TPSA) is 71.1 Å². The summed E-state index contributed by atoms with van der Waals surface area (Å²) in [6.07, 6.45) is 11.6. The van der Waals surface area contributed by atoms with Crippen LogP contribution in [-0.2, 0) is 9.59 Å². The Bertz CT molecular complexity index is 593. The number of carbonyl (C=O) groups excluding carboxylic acids is 2. The van der Waals surface area contributed by atoms with Gasteiger partial charge in [0.15, 0.2) is 0 Å². The lowest BCUT2D eigenvalue weighted by Gasteiger charge is -2.56. The molecule has 1 heterocycles. The van der Waals surface area contributed by atoms with Crippen LogP contribution in [0.5, 0.6) is 0 Å². The van der Waals surface area contributed by atoms with Crippen LogP contribution in [0.3, 0.4) is 0 Å². The Balaban J connectivity index is 1.27. The molecule has 0 spiro atoms. The van der Waals surface area contributed by atoms with Crippen LogP contribution in [0.25, 0.3) is 0 Å². The van der Waals surface area contributed by atoms with Gasteiger partial charge < -0.3 is 10.6 Å². The van der Waals surface area contributed by atoms with Crippen LogP contribution in [0.15, 0.2) is 24.5 Å². The Kier molecular flexibility index (Phi) is 4.02. The van der Waals surface area contributed by atoms with E-state index in [4.69, 9.17) is 0 Å². The van der Waals surface area contributed by atoms with Crippen LogP contribution in [0.2, 0.25) is 0 Å². The monoisotopic (exact) mass is 327 g/mol. The lowest BCUT2D eigenvalue weighted by Crippen LogP contribution is -2.48. The summed E-state index contributed by atoms with van der Waals surface area (Å²) in [6.45, 7) is 0.0279. The molecule has 1 aromatic rings. The third-order valence-electron chi connectivity index (χ3n) is 6.09. The van der Waals surface area contributed by atoms with Crippen molar-refractivity contribution in [1.82, 2.24) is 10.3 Å². The summed E-state index contributed by atoms with van der Waals surface area (Å²) in [7, 11) is 0. The van der Waals surface area contributed by atoms with Gasteiger partial charge in [0, 0.05) is 12.6 Å². The molecule has 4 bridgehead atoms. The molecule has 5 rings (SSSR count). The van der Waals surface area contributed by atoms with Gasteiger partial charge in [0.25, 0.3) is 0 Å². The summed E-state index contributed by atoms with van der Waals surface area (Å²) in [5, 5.41) is 5.55. The maximum atomic E-state index is 12.4. The van der Waals surface area contributed by atoms with Crippen LogP contribution in [-0.4, -0.2) is 23.3 Å². The molecule has 2 N–H and O–H groups in total. The molecule has 0 aromatic carbocycles. The zero-order chi connectivity index (χ0) is 16.6. The van der Waals surface area contributed by atoms with E-state index in [0.717, 1.165) is 17.8 Å². The van der Waals surface area contributed by atoms with Gasteiger partial charge in [-0.15, -0.1) is 0 Å². The van der Waals surface area contributed by atoms with Crippen molar-refractivity contribution < 1.29 is 9.59 Å². The highest BCUT2D eigenvalue weighted by molar-refractivity contribution is 5.94. The van der Waals surface area contributed by atoms with Crippen molar-refractivity contribution in [3.63, 3.8) is 0 Å². The maximum Gasteiger partial charge on any atom is 0.243 e. The van der Waals surface area contributed by atoms with E-state index in [2.05, 4.69) is 15.6 Å². The number of amides is 2. The Morgan fingerprint density at radius 1 is 1.08 bits per heavy atom. The summed E-state index contributed by atoms with van der Waals surface area (Å²) in [5.74, 6) is 2.36. The first-order valence-electron chi connectivity index (χ1n) is 9.07. The second-order valence-corrected chi connectivity index (χ2v) is 8.16. The molecule has 1 aromatic heterocycles. The lowest BCUT2D eigenvalue weighted by atomic mass is 9.49. The van der Waals surface area contributed by atoms with Gasteiger partial charge in [-0.3, -0.25) is 14.6 Å². The first-order chi connectivity index (χ1) is 11.6. The maximum absolute atomic E-state index is 12.4. The number of carbonyl (C=O) groups is 2. The van der Waals surface area contributed by atoms with Crippen molar-refractivity contribution in [2.45, 2.75) is 44.9 Å². The molecule has 4 aliphatic carbocycles. The van der Waals surface area contributed by atoms with E-state index in [0.29, 0.717) is 12.1 Å². The van der Waals surface area contributed by atoms with E-state index in [1.54, 1.807) is 24.5 Å². The van der Waals surface area contributed by atoms with Crippen molar-refractivity contribution in [2.75, 3.05) is 11.9 Å². The fourth-order valence-corrected chi connectivity index (χ4v) is 5.73. The Hall–Kier alpha value is -1.91. The summed E-state index contributed by atoms with van der Waals surface area (Å²) < 4.78 is 0. The van der Waals surface area contributed by atoms with E-state index < -0.39 is 0 Å². The van der Waals surface area contributed by atoms with Gasteiger partial charge in [0.2, 0.25) is 11.8 Å². The fourth-order valence-electron chi connectivity index (χ4n) is 5.73. The van der Waals surface area contributed by atoms with Gasteiger partial charge in [-0.25, -0.2) is 0 Å². The SMILES string of the molecule is O=C(CC12CC3CC(CC(C3)C1)C2)NCC(=O)Nc1cccnc1. The normalized spacial score (nSPS) is 33.2. The first-order valence-corrected chi connectivity index (χ1v) is 9.07. The quantitative estimate of drug-likeness (QED) is 0.873. The van der Waals surface area contributed by atoms with Gasteiger partial charge in [-0.2, -0.15) is 0 Å². The zero-order valence-corrected chi connectivity index (χ0v) is 14.0. The number of aromatic nitrogens is 1. The number of nitrogens with zero attached hydrogens (tertiary/aromatic N) is 1. The lowest BCUT2D eigenvalue weighted by molar-refractivity contribution is -0.131. The van der Waals surface area contributed by atoms with Crippen molar-refractivity contribution in [3.05, 3.63) is 24.5 Å². The van der Waals surface area contributed by atoms with Crippen LogP contribution < -0.4 is 10.6 Å². The molecule has 5 heteroatoms. The second-order valence-electron chi connectivity index (χ2n) is 8.16. The Morgan fingerprint density at radius 2 is 1.75 bits per heavy atom. The highest BCUT2D eigenvalue weighted by Gasteiger charge is 2.51. The summed E-state index contributed by atoms with van der Waals surface area (Å²) in [4.78, 5) is 28.3. The van der Waals surface area contributed by atoms with Crippen LogP contribution in [0.4, 0.5) is 5.69 Å². The molecule has 0 radical (unpaired) electrons. The molecule has 5 nitrogen and oxygen atoms in total. The van der Waals surface area contributed by atoms with Gasteiger partial charge in [0.1, 0.15) is 0 Å². The van der Waals surface area contributed by atoms with E-state index in [1.165, 1.54) is 38.5 Å². The molecule has 0 atom stereocenters. The van der Waals surface area contributed by atoms with E-state index in [-0.39, 0.29) is 23.8 Å². The fraction of sp³-hybridized carbons (Fsp3) is 0.632. The summed E-state index contributed by atoms with van der Waals surface area (Å²) in [5.41, 5.74) is 0.872. The number of hydrogen-bond acceptors (Lipinski definition) is 3. The molecule has 2 amide bonds. The Morgan fingerprint density at radius 3 is 2.33 bits per heavy atom. The van der Waals surface area contributed by atoms with Gasteiger partial charge in [0.05, 0.1) is 18.4 Å². The molecule has 4 saturated carbocycles. The van der Waals surface area contributed by atoms with Crippen LogP contribution in [0, 0.1) is 23.2 Å². The molecule has 4 fully saturated rings. The first kappa shape index (κ1) is 15.6. The summed E-state index contributed by atoms with van der Waals surface area (Å²) >= 11 is 0. The number of pyridine rings is 1. The van der Waals surface area contributed by atoms with Crippen molar-refractivity contribution >= 4 is 17.5 Å². The summed E-state index contributed by atoms with van der Waals surface area (Å²) in [6, 6.07) is 3.55. The number of anilines is 1. The highest BCUT2D eigenvalue weighted by Crippen LogP contribution is 2.61. The number of hydrogen-bond donors (Lipinski definition) is 2. The van der Waals surface area contributed by atoms with E-state index >= 15 is 0 Å². The molecule has 24 heavy (non-hydrogen) atoms. The van der Waals surface area contributed by atoms with E-state index in [9.17, 15) is 9.59 Å². The molecule has 4 aliphatic rings. The molecular formula is C19H25N3O2. The zero-order valence-electron chi connectivity index (χ0n) is 14.0. The average Bonchev–Trinajstić information content (AvgIpc) is 2.52. The molecular weight excluding hydrogens is 302 g/mol. The number of nitrogens with one attached hydrogen (secondary N) is 2. The molecule has 0 unspecified atom stereocenters. The predicted octanol–water partition coefficient (Wildman–Crippen LogP) is 2.74. The largest absolute Gasteiger partial charge is 0.347 e. The van der Waals surface area contributed by atoms with Gasteiger partial charge in [-0.1, -0.05) is 0 Å². The highest BCUT2D eigenvalue weighted by atomic mass is 16.2. The van der Waals surface area contributed by atoms with Crippen LogP contribution >= 0.6 is 0 Å². The molecule has 0 saturated heterocycles. The molecule has 128 valence electrons. The van der Waals surface area contributed by atoms with E-state index in [1.807, 2.05) is 0 Å². The molecule has 0 aliphatic heterocycles. The standard InChI is InChI=1S/C19H25N3O2/c23-17(21-12-18(24)22-16-2-1-3-20-11-16)10-19-7-13-4-14(8-19)6-15(5-13)9-19/h1-3,11,13-15H,4-10,12H2,(H,21,23)(H,22,24). The second kappa shape index (κ2) is 6.19. The van der Waals surface area contributed by atoms with Gasteiger partial charge in [-0.05, 0) is 73.8 Å². The average molecular weight is 327 g/mol.